The zero-order valence-electron chi connectivity index (χ0n) is 9.99. The molecule has 0 fully saturated rings. The van der Waals surface area contributed by atoms with Crippen LogP contribution in [0.25, 0.3) is 0 Å². The van der Waals surface area contributed by atoms with Gasteiger partial charge >= 0.3 is 5.97 Å². The van der Waals surface area contributed by atoms with Gasteiger partial charge in [0.1, 0.15) is 11.8 Å². The molecule has 0 radical (unpaired) electrons. The highest BCUT2D eigenvalue weighted by Crippen LogP contribution is 2.37. The van der Waals surface area contributed by atoms with Crippen LogP contribution in [0.4, 0.5) is 0 Å². The fourth-order valence-electron chi connectivity index (χ4n) is 2.31. The SMILES string of the molecule is CC(=O)OC1(C#N)CCCc2cc(C)cnc21. The van der Waals surface area contributed by atoms with E-state index in [9.17, 15) is 10.1 Å². The Kier molecular flexibility index (Phi) is 2.84. The van der Waals surface area contributed by atoms with Gasteiger partial charge in [0.2, 0.25) is 5.60 Å². The van der Waals surface area contributed by atoms with Crippen LogP contribution >= 0.6 is 0 Å². The number of esters is 1. The van der Waals surface area contributed by atoms with E-state index in [0.717, 1.165) is 24.0 Å². The van der Waals surface area contributed by atoms with Crippen LogP contribution in [0.1, 0.15) is 36.6 Å². The maximum atomic E-state index is 11.2. The molecule has 0 N–H and O–H groups in total. The number of fused-ring (bicyclic) bond motifs is 1. The lowest BCUT2D eigenvalue weighted by Crippen LogP contribution is -2.35. The van der Waals surface area contributed by atoms with Gasteiger partial charge in [0.25, 0.3) is 0 Å². The molecule has 0 spiro atoms. The van der Waals surface area contributed by atoms with Gasteiger partial charge in [-0.3, -0.25) is 9.78 Å². The quantitative estimate of drug-likeness (QED) is 0.692. The topological polar surface area (TPSA) is 63.0 Å². The van der Waals surface area contributed by atoms with Gasteiger partial charge in [-0.2, -0.15) is 5.26 Å². The van der Waals surface area contributed by atoms with E-state index in [1.807, 2.05) is 13.0 Å². The van der Waals surface area contributed by atoms with Gasteiger partial charge in [-0.25, -0.2) is 0 Å². The van der Waals surface area contributed by atoms with E-state index >= 15 is 0 Å². The zero-order valence-corrected chi connectivity index (χ0v) is 9.99. The maximum Gasteiger partial charge on any atom is 0.304 e. The first-order valence-electron chi connectivity index (χ1n) is 5.64. The molecular formula is C13H14N2O2. The predicted molar refractivity (Wildman–Crippen MR) is 61.0 cm³/mol. The summed E-state index contributed by atoms with van der Waals surface area (Å²) in [7, 11) is 0. The van der Waals surface area contributed by atoms with Crippen LogP contribution in [0.3, 0.4) is 0 Å². The third-order valence-electron chi connectivity index (χ3n) is 2.96. The molecule has 0 aromatic carbocycles. The van der Waals surface area contributed by atoms with Crippen molar-refractivity contribution in [3.8, 4) is 6.07 Å². The Labute approximate surface area is 100 Å². The van der Waals surface area contributed by atoms with E-state index in [2.05, 4.69) is 11.1 Å². The summed E-state index contributed by atoms with van der Waals surface area (Å²) in [5.74, 6) is -0.443. The minimum atomic E-state index is -1.19. The van der Waals surface area contributed by atoms with Crippen LogP contribution < -0.4 is 0 Å². The molecule has 4 nitrogen and oxygen atoms in total. The Morgan fingerprint density at radius 3 is 3.06 bits per heavy atom. The molecule has 0 aliphatic heterocycles. The lowest BCUT2D eigenvalue weighted by molar-refractivity contribution is -0.154. The number of hydrogen-bond acceptors (Lipinski definition) is 4. The summed E-state index contributed by atoms with van der Waals surface area (Å²) in [6.45, 7) is 3.28. The van der Waals surface area contributed by atoms with Gasteiger partial charge in [0, 0.05) is 19.5 Å². The summed E-state index contributed by atoms with van der Waals surface area (Å²) in [5.41, 5.74) is 1.49. The first kappa shape index (κ1) is 11.6. The van der Waals surface area contributed by atoms with Crippen LogP contribution in [-0.2, 0) is 21.6 Å². The number of nitriles is 1. The Bertz CT molecular complexity index is 505. The van der Waals surface area contributed by atoms with Crippen LogP contribution in [0, 0.1) is 18.3 Å². The number of nitrogens with zero attached hydrogens (tertiary/aromatic N) is 2. The average Bonchev–Trinajstić information content (AvgIpc) is 2.28. The Morgan fingerprint density at radius 2 is 2.41 bits per heavy atom. The van der Waals surface area contributed by atoms with Gasteiger partial charge in [-0.05, 0) is 30.9 Å². The summed E-state index contributed by atoms with van der Waals surface area (Å²) < 4.78 is 5.23. The molecule has 0 saturated heterocycles. The molecule has 1 atom stereocenters. The molecule has 1 unspecified atom stereocenters. The first-order valence-corrected chi connectivity index (χ1v) is 5.64. The monoisotopic (exact) mass is 230 g/mol. The predicted octanol–water partition coefficient (Wildman–Crippen LogP) is 2.01. The number of ether oxygens (including phenoxy) is 1. The van der Waals surface area contributed by atoms with Crippen LogP contribution in [0.15, 0.2) is 12.3 Å². The second-order valence-corrected chi connectivity index (χ2v) is 4.41. The molecule has 1 aliphatic rings. The lowest BCUT2D eigenvalue weighted by atomic mass is 9.83. The second-order valence-electron chi connectivity index (χ2n) is 4.41. The normalized spacial score (nSPS) is 22.4. The van der Waals surface area contributed by atoms with Crippen LogP contribution in [0.5, 0.6) is 0 Å². The molecule has 1 heterocycles. The highest BCUT2D eigenvalue weighted by Gasteiger charge is 2.41. The molecule has 4 heteroatoms. The van der Waals surface area contributed by atoms with Gasteiger partial charge in [0.05, 0.1) is 0 Å². The van der Waals surface area contributed by atoms with E-state index in [4.69, 9.17) is 4.74 Å². The standard InChI is InChI=1S/C13H14N2O2/c1-9-6-11-4-3-5-13(8-14,17-10(2)16)12(11)15-7-9/h6-7H,3-5H2,1-2H3. The van der Waals surface area contributed by atoms with Crippen molar-refractivity contribution in [2.45, 2.75) is 38.7 Å². The number of hydrogen-bond donors (Lipinski definition) is 0. The third-order valence-corrected chi connectivity index (χ3v) is 2.96. The van der Waals surface area contributed by atoms with E-state index in [1.54, 1.807) is 6.20 Å². The number of aryl methyl sites for hydroxylation is 2. The molecule has 0 saturated carbocycles. The minimum absolute atomic E-state index is 0.443. The molecule has 2 rings (SSSR count). The lowest BCUT2D eigenvalue weighted by Gasteiger charge is -2.31. The Hall–Kier alpha value is -1.89. The van der Waals surface area contributed by atoms with E-state index in [1.165, 1.54) is 6.92 Å². The molecule has 0 amide bonds. The first-order chi connectivity index (χ1) is 8.07. The van der Waals surface area contributed by atoms with Crippen LogP contribution in [-0.4, -0.2) is 11.0 Å². The van der Waals surface area contributed by atoms with Gasteiger partial charge in [0.15, 0.2) is 0 Å². The van der Waals surface area contributed by atoms with Gasteiger partial charge in [-0.1, -0.05) is 6.07 Å². The van der Waals surface area contributed by atoms with Gasteiger partial charge in [-0.15, -0.1) is 0 Å². The zero-order chi connectivity index (χ0) is 12.5. The smallest absolute Gasteiger partial charge is 0.304 e. The van der Waals surface area contributed by atoms with E-state index < -0.39 is 11.6 Å². The summed E-state index contributed by atoms with van der Waals surface area (Å²) in [6, 6.07) is 4.13. The number of rotatable bonds is 1. The largest absolute Gasteiger partial charge is 0.438 e. The second kappa shape index (κ2) is 4.17. The van der Waals surface area contributed by atoms with Crippen molar-refractivity contribution in [2.75, 3.05) is 0 Å². The van der Waals surface area contributed by atoms with E-state index in [-0.39, 0.29) is 0 Å². The van der Waals surface area contributed by atoms with Crippen molar-refractivity contribution in [1.29, 1.82) is 5.26 Å². The van der Waals surface area contributed by atoms with Crippen molar-refractivity contribution < 1.29 is 9.53 Å². The molecular weight excluding hydrogens is 216 g/mol. The van der Waals surface area contributed by atoms with Crippen molar-refractivity contribution >= 4 is 5.97 Å². The third kappa shape index (κ3) is 2.01. The average molecular weight is 230 g/mol. The number of pyridine rings is 1. The summed E-state index contributed by atoms with van der Waals surface area (Å²) in [4.78, 5) is 15.4. The Balaban J connectivity index is 2.52. The minimum Gasteiger partial charge on any atom is -0.438 e. The molecule has 1 aliphatic carbocycles. The summed E-state index contributed by atoms with van der Waals surface area (Å²) >= 11 is 0. The van der Waals surface area contributed by atoms with Crippen molar-refractivity contribution in [1.82, 2.24) is 4.98 Å². The summed E-state index contributed by atoms with van der Waals surface area (Å²) in [6.07, 6.45) is 3.94. The molecule has 17 heavy (non-hydrogen) atoms. The Morgan fingerprint density at radius 1 is 1.65 bits per heavy atom. The molecule has 1 aromatic heterocycles. The highest BCUT2D eigenvalue weighted by atomic mass is 16.6. The summed E-state index contributed by atoms with van der Waals surface area (Å²) in [5, 5.41) is 9.34. The van der Waals surface area contributed by atoms with Gasteiger partial charge < -0.3 is 4.74 Å². The molecule has 0 bridgehead atoms. The molecule has 1 aromatic rings. The molecule has 88 valence electrons. The highest BCUT2D eigenvalue weighted by molar-refractivity contribution is 5.67. The van der Waals surface area contributed by atoms with Crippen LogP contribution in [0.2, 0.25) is 0 Å². The number of aromatic nitrogens is 1. The van der Waals surface area contributed by atoms with E-state index in [0.29, 0.717) is 12.1 Å². The fraction of sp³-hybridized carbons (Fsp3) is 0.462. The van der Waals surface area contributed by atoms with Crippen molar-refractivity contribution in [3.63, 3.8) is 0 Å². The fourth-order valence-corrected chi connectivity index (χ4v) is 2.31. The van der Waals surface area contributed by atoms with Crippen molar-refractivity contribution in [3.05, 3.63) is 29.1 Å². The van der Waals surface area contributed by atoms with Crippen molar-refractivity contribution in [2.24, 2.45) is 0 Å². The number of carbonyl (C=O) groups excluding carboxylic acids is 1. The maximum absolute atomic E-state index is 11.2. The number of carbonyl (C=O) groups is 1.